The Hall–Kier alpha value is -0.610. The number of carbonyl (C=O) groups is 1. The molecule has 3 rings (SSSR count). The van der Waals surface area contributed by atoms with Crippen LogP contribution < -0.4 is 5.73 Å². The summed E-state index contributed by atoms with van der Waals surface area (Å²) < 4.78 is 5.79. The summed E-state index contributed by atoms with van der Waals surface area (Å²) in [6.07, 6.45) is 6.09. The topological polar surface area (TPSA) is 55.6 Å². The van der Waals surface area contributed by atoms with Gasteiger partial charge >= 0.3 is 0 Å². The Morgan fingerprint density at radius 3 is 2.44 bits per heavy atom. The van der Waals surface area contributed by atoms with Crippen LogP contribution in [0.3, 0.4) is 0 Å². The molecule has 2 N–H and O–H groups in total. The van der Waals surface area contributed by atoms with Crippen molar-refractivity contribution in [3.05, 3.63) is 0 Å². The number of carbonyl (C=O) groups excluding carboxylic acids is 1. The number of nitrogens with two attached hydrogens (primary N) is 1. The van der Waals surface area contributed by atoms with Crippen LogP contribution in [0.25, 0.3) is 0 Å². The minimum atomic E-state index is 0.0382. The van der Waals surface area contributed by atoms with Crippen molar-refractivity contribution in [2.75, 3.05) is 13.1 Å². The lowest BCUT2D eigenvalue weighted by Gasteiger charge is -2.39. The monoisotopic (exact) mass is 252 g/mol. The Morgan fingerprint density at radius 1 is 1.17 bits per heavy atom. The highest BCUT2D eigenvalue weighted by molar-refractivity contribution is 5.80. The maximum Gasteiger partial charge on any atom is 0.227 e. The van der Waals surface area contributed by atoms with Gasteiger partial charge in [0.25, 0.3) is 0 Å². The summed E-state index contributed by atoms with van der Waals surface area (Å²) in [5.74, 6) is 0.757. The van der Waals surface area contributed by atoms with Crippen LogP contribution in [0.1, 0.15) is 39.0 Å². The second kappa shape index (κ2) is 4.82. The van der Waals surface area contributed by atoms with Crippen LogP contribution in [0.2, 0.25) is 0 Å². The molecule has 2 saturated heterocycles. The molecule has 0 radical (unpaired) electrons. The van der Waals surface area contributed by atoms with Crippen molar-refractivity contribution in [1.29, 1.82) is 0 Å². The molecule has 2 aliphatic heterocycles. The third-order valence-corrected chi connectivity index (χ3v) is 4.91. The van der Waals surface area contributed by atoms with Crippen molar-refractivity contribution in [3.8, 4) is 0 Å². The summed E-state index contributed by atoms with van der Waals surface area (Å²) in [6, 6.07) is 0.0572. The van der Waals surface area contributed by atoms with Gasteiger partial charge in [0.1, 0.15) is 0 Å². The van der Waals surface area contributed by atoms with E-state index in [9.17, 15) is 4.79 Å². The Bertz CT molecular complexity index is 312. The normalized spacial score (nSPS) is 44.1. The van der Waals surface area contributed by atoms with Crippen LogP contribution >= 0.6 is 0 Å². The SMILES string of the molecule is CC1CCCC(N)C1C(=O)N1CC2CCC(C1)O2. The molecule has 3 fully saturated rings. The van der Waals surface area contributed by atoms with Gasteiger partial charge in [-0.1, -0.05) is 13.3 Å². The van der Waals surface area contributed by atoms with Gasteiger partial charge in [-0.05, 0) is 31.6 Å². The van der Waals surface area contributed by atoms with Gasteiger partial charge in [0, 0.05) is 19.1 Å². The molecule has 5 unspecified atom stereocenters. The standard InChI is InChI=1S/C14H24N2O2/c1-9-3-2-4-12(15)13(9)14(17)16-7-10-5-6-11(8-16)18-10/h9-13H,2-8,15H2,1H3. The van der Waals surface area contributed by atoms with Gasteiger partial charge in [-0.3, -0.25) is 4.79 Å². The van der Waals surface area contributed by atoms with Gasteiger partial charge < -0.3 is 15.4 Å². The highest BCUT2D eigenvalue weighted by Crippen LogP contribution is 2.33. The van der Waals surface area contributed by atoms with E-state index < -0.39 is 0 Å². The molecule has 18 heavy (non-hydrogen) atoms. The summed E-state index contributed by atoms with van der Waals surface area (Å²) in [7, 11) is 0. The minimum absolute atomic E-state index is 0.0382. The first-order valence-electron chi connectivity index (χ1n) is 7.35. The molecule has 5 atom stereocenters. The minimum Gasteiger partial charge on any atom is -0.371 e. The van der Waals surface area contributed by atoms with E-state index in [4.69, 9.17) is 10.5 Å². The number of nitrogens with zero attached hydrogens (tertiary/aromatic N) is 1. The zero-order valence-electron chi connectivity index (χ0n) is 11.2. The van der Waals surface area contributed by atoms with Gasteiger partial charge in [0.05, 0.1) is 18.1 Å². The van der Waals surface area contributed by atoms with Gasteiger partial charge in [-0.25, -0.2) is 0 Å². The summed E-state index contributed by atoms with van der Waals surface area (Å²) >= 11 is 0. The third-order valence-electron chi connectivity index (χ3n) is 4.91. The molecule has 4 heteroatoms. The smallest absolute Gasteiger partial charge is 0.227 e. The summed E-state index contributed by atoms with van der Waals surface area (Å²) in [6.45, 7) is 3.74. The summed E-state index contributed by atoms with van der Waals surface area (Å²) in [4.78, 5) is 14.7. The second-order valence-corrected chi connectivity index (χ2v) is 6.30. The average molecular weight is 252 g/mol. The van der Waals surface area contributed by atoms with Crippen LogP contribution in [0.5, 0.6) is 0 Å². The van der Waals surface area contributed by atoms with E-state index in [0.717, 1.165) is 38.8 Å². The van der Waals surface area contributed by atoms with Crippen LogP contribution in [-0.2, 0) is 9.53 Å². The number of amides is 1. The number of hydrogen-bond acceptors (Lipinski definition) is 3. The first-order chi connectivity index (χ1) is 8.65. The maximum absolute atomic E-state index is 12.7. The predicted molar refractivity (Wildman–Crippen MR) is 69.0 cm³/mol. The molecule has 1 aliphatic carbocycles. The van der Waals surface area contributed by atoms with Crippen LogP contribution in [0, 0.1) is 11.8 Å². The van der Waals surface area contributed by atoms with Crippen molar-refractivity contribution >= 4 is 5.91 Å². The summed E-state index contributed by atoms with van der Waals surface area (Å²) in [5, 5.41) is 0. The second-order valence-electron chi connectivity index (χ2n) is 6.30. The molecular weight excluding hydrogens is 228 g/mol. The summed E-state index contributed by atoms with van der Waals surface area (Å²) in [5.41, 5.74) is 6.18. The fourth-order valence-electron chi connectivity index (χ4n) is 3.89. The lowest BCUT2D eigenvalue weighted by molar-refractivity contribution is -0.147. The number of morpholine rings is 1. The van der Waals surface area contributed by atoms with Crippen molar-refractivity contribution in [1.82, 2.24) is 4.90 Å². The molecule has 2 heterocycles. The molecule has 4 nitrogen and oxygen atoms in total. The van der Waals surface area contributed by atoms with Crippen molar-refractivity contribution in [2.45, 2.75) is 57.3 Å². The highest BCUT2D eigenvalue weighted by atomic mass is 16.5. The molecular formula is C14H24N2O2. The number of hydrogen-bond donors (Lipinski definition) is 1. The van der Waals surface area contributed by atoms with E-state index in [1.165, 1.54) is 6.42 Å². The first-order valence-corrected chi connectivity index (χ1v) is 7.35. The van der Waals surface area contributed by atoms with Crippen molar-refractivity contribution in [3.63, 3.8) is 0 Å². The van der Waals surface area contributed by atoms with Crippen molar-refractivity contribution in [2.24, 2.45) is 17.6 Å². The van der Waals surface area contributed by atoms with E-state index in [1.54, 1.807) is 0 Å². The molecule has 0 aromatic heterocycles. The number of ether oxygens (including phenoxy) is 1. The number of rotatable bonds is 1. The van der Waals surface area contributed by atoms with E-state index >= 15 is 0 Å². The third kappa shape index (κ3) is 2.16. The predicted octanol–water partition coefficient (Wildman–Crippen LogP) is 1.14. The highest BCUT2D eigenvalue weighted by Gasteiger charge is 2.41. The van der Waals surface area contributed by atoms with Gasteiger partial charge in [0.15, 0.2) is 0 Å². The van der Waals surface area contributed by atoms with Crippen LogP contribution in [0.4, 0.5) is 0 Å². The molecule has 1 amide bonds. The van der Waals surface area contributed by atoms with Gasteiger partial charge in [-0.2, -0.15) is 0 Å². The van der Waals surface area contributed by atoms with Gasteiger partial charge in [-0.15, -0.1) is 0 Å². The van der Waals surface area contributed by atoms with Crippen LogP contribution in [0.15, 0.2) is 0 Å². The molecule has 1 saturated carbocycles. The van der Waals surface area contributed by atoms with E-state index in [2.05, 4.69) is 6.92 Å². The molecule has 3 aliphatic rings. The average Bonchev–Trinajstić information content (AvgIpc) is 2.68. The molecule has 0 aromatic carbocycles. The Kier molecular flexibility index (Phi) is 3.32. The first kappa shape index (κ1) is 12.4. The molecule has 102 valence electrons. The maximum atomic E-state index is 12.7. The molecule has 0 spiro atoms. The van der Waals surface area contributed by atoms with E-state index in [-0.39, 0.29) is 30.1 Å². The van der Waals surface area contributed by atoms with Crippen LogP contribution in [-0.4, -0.2) is 42.1 Å². The lowest BCUT2D eigenvalue weighted by atomic mass is 9.76. The number of fused-ring (bicyclic) bond motifs is 2. The molecule has 2 bridgehead atoms. The van der Waals surface area contributed by atoms with Crippen molar-refractivity contribution < 1.29 is 9.53 Å². The van der Waals surface area contributed by atoms with E-state index in [0.29, 0.717) is 5.92 Å². The zero-order chi connectivity index (χ0) is 12.7. The Morgan fingerprint density at radius 2 is 1.83 bits per heavy atom. The van der Waals surface area contributed by atoms with Gasteiger partial charge in [0.2, 0.25) is 5.91 Å². The lowest BCUT2D eigenvalue weighted by Crippen LogP contribution is -2.53. The fourth-order valence-corrected chi connectivity index (χ4v) is 3.89. The van der Waals surface area contributed by atoms with E-state index in [1.807, 2.05) is 4.90 Å². The number of likely N-dealkylation sites (tertiary alicyclic amines) is 1. The fraction of sp³-hybridized carbons (Fsp3) is 0.929. The zero-order valence-corrected chi connectivity index (χ0v) is 11.2. The largest absolute Gasteiger partial charge is 0.371 e. The Labute approximate surface area is 109 Å². The molecule has 0 aromatic rings. The quantitative estimate of drug-likeness (QED) is 0.761. The Balaban J connectivity index is 1.69.